The highest BCUT2D eigenvalue weighted by Gasteiger charge is 2.34. The summed E-state index contributed by atoms with van der Waals surface area (Å²) >= 11 is 0. The van der Waals surface area contributed by atoms with Crippen LogP contribution in [0.25, 0.3) is 0 Å². The van der Waals surface area contributed by atoms with Crippen LogP contribution in [-0.2, 0) is 4.74 Å². The molecule has 1 aliphatic rings. The van der Waals surface area contributed by atoms with Gasteiger partial charge in [0.2, 0.25) is 0 Å². The van der Waals surface area contributed by atoms with Crippen LogP contribution in [0.1, 0.15) is 6.92 Å². The van der Waals surface area contributed by atoms with Crippen molar-refractivity contribution < 1.29 is 20.1 Å². The standard InChI is InChI=1S/C6H12O4/c1-3-4(7)2-10-6(9)5(3)8/h3-9H,2H2,1H3/t3-,4+,5-,6+/m0/s1. The summed E-state index contributed by atoms with van der Waals surface area (Å²) in [6.45, 7) is 1.76. The molecule has 0 radical (unpaired) electrons. The van der Waals surface area contributed by atoms with E-state index in [0.717, 1.165) is 0 Å². The molecule has 0 aromatic heterocycles. The highest BCUT2D eigenvalue weighted by molar-refractivity contribution is 4.78. The van der Waals surface area contributed by atoms with E-state index in [-0.39, 0.29) is 12.5 Å². The minimum Gasteiger partial charge on any atom is -0.390 e. The number of ether oxygens (including phenoxy) is 1. The zero-order valence-corrected chi connectivity index (χ0v) is 5.77. The smallest absolute Gasteiger partial charge is 0.181 e. The van der Waals surface area contributed by atoms with Crippen molar-refractivity contribution in [2.45, 2.75) is 25.4 Å². The Morgan fingerprint density at radius 3 is 2.40 bits per heavy atom. The van der Waals surface area contributed by atoms with Crippen LogP contribution < -0.4 is 0 Å². The summed E-state index contributed by atoms with van der Waals surface area (Å²) in [7, 11) is 0. The lowest BCUT2D eigenvalue weighted by Gasteiger charge is -2.33. The molecule has 0 spiro atoms. The van der Waals surface area contributed by atoms with Gasteiger partial charge in [-0.3, -0.25) is 0 Å². The van der Waals surface area contributed by atoms with Crippen LogP contribution in [-0.4, -0.2) is 40.4 Å². The van der Waals surface area contributed by atoms with E-state index in [9.17, 15) is 0 Å². The van der Waals surface area contributed by atoms with Gasteiger partial charge < -0.3 is 20.1 Å². The van der Waals surface area contributed by atoms with Gasteiger partial charge in [-0.2, -0.15) is 0 Å². The first kappa shape index (κ1) is 7.94. The summed E-state index contributed by atoms with van der Waals surface area (Å²) in [5, 5.41) is 27.0. The van der Waals surface area contributed by atoms with Crippen LogP contribution in [0.2, 0.25) is 0 Å². The SMILES string of the molecule is C[C@@H]1[C@H](O)[C@H](O)OC[C@H]1O. The molecule has 4 atom stereocenters. The van der Waals surface area contributed by atoms with Gasteiger partial charge in [0.25, 0.3) is 0 Å². The van der Waals surface area contributed by atoms with Crippen molar-refractivity contribution in [3.05, 3.63) is 0 Å². The summed E-state index contributed by atoms with van der Waals surface area (Å²) in [5.41, 5.74) is 0. The lowest BCUT2D eigenvalue weighted by atomic mass is 9.96. The highest BCUT2D eigenvalue weighted by Crippen LogP contribution is 2.18. The summed E-state index contributed by atoms with van der Waals surface area (Å²) in [6, 6.07) is 0. The summed E-state index contributed by atoms with van der Waals surface area (Å²) in [5.74, 6) is -0.316. The van der Waals surface area contributed by atoms with Crippen LogP contribution >= 0.6 is 0 Å². The number of rotatable bonds is 0. The van der Waals surface area contributed by atoms with Crippen molar-refractivity contribution in [2.75, 3.05) is 6.61 Å². The first-order valence-corrected chi connectivity index (χ1v) is 3.28. The third-order valence-electron chi connectivity index (χ3n) is 1.88. The lowest BCUT2D eigenvalue weighted by Crippen LogP contribution is -2.47. The third kappa shape index (κ3) is 1.29. The van der Waals surface area contributed by atoms with Gasteiger partial charge in [-0.25, -0.2) is 0 Å². The van der Waals surface area contributed by atoms with Crippen molar-refractivity contribution in [1.82, 2.24) is 0 Å². The number of hydrogen-bond acceptors (Lipinski definition) is 4. The zero-order chi connectivity index (χ0) is 7.72. The van der Waals surface area contributed by atoms with E-state index < -0.39 is 18.5 Å². The van der Waals surface area contributed by atoms with Gasteiger partial charge >= 0.3 is 0 Å². The average molecular weight is 148 g/mol. The molecule has 60 valence electrons. The molecule has 1 saturated heterocycles. The van der Waals surface area contributed by atoms with Gasteiger partial charge in [0, 0.05) is 5.92 Å². The van der Waals surface area contributed by atoms with Gasteiger partial charge in [-0.1, -0.05) is 6.92 Å². The average Bonchev–Trinajstić information content (AvgIpc) is 1.93. The Labute approximate surface area is 59.1 Å². The number of aliphatic hydroxyl groups is 3. The van der Waals surface area contributed by atoms with Gasteiger partial charge in [-0.15, -0.1) is 0 Å². The maximum Gasteiger partial charge on any atom is 0.181 e. The van der Waals surface area contributed by atoms with Crippen molar-refractivity contribution in [3.8, 4) is 0 Å². The van der Waals surface area contributed by atoms with E-state index in [1.807, 2.05) is 0 Å². The Kier molecular flexibility index (Phi) is 2.25. The zero-order valence-electron chi connectivity index (χ0n) is 5.77. The van der Waals surface area contributed by atoms with E-state index in [1.54, 1.807) is 6.92 Å². The highest BCUT2D eigenvalue weighted by atomic mass is 16.6. The largest absolute Gasteiger partial charge is 0.390 e. The van der Waals surface area contributed by atoms with Gasteiger partial charge in [0.15, 0.2) is 6.29 Å². The molecular weight excluding hydrogens is 136 g/mol. The molecule has 4 heteroatoms. The van der Waals surface area contributed by atoms with Crippen LogP contribution in [0.15, 0.2) is 0 Å². The van der Waals surface area contributed by atoms with E-state index >= 15 is 0 Å². The molecule has 0 amide bonds. The minimum atomic E-state index is -1.14. The summed E-state index contributed by atoms with van der Waals surface area (Å²) < 4.78 is 4.63. The first-order valence-electron chi connectivity index (χ1n) is 3.28. The second-order valence-electron chi connectivity index (χ2n) is 2.64. The molecule has 0 bridgehead atoms. The molecule has 0 unspecified atom stereocenters. The predicted molar refractivity (Wildman–Crippen MR) is 33.1 cm³/mol. The maximum absolute atomic E-state index is 9.08. The quantitative estimate of drug-likeness (QED) is 0.399. The predicted octanol–water partition coefficient (Wildman–Crippen LogP) is -1.31. The van der Waals surface area contributed by atoms with Crippen molar-refractivity contribution in [1.29, 1.82) is 0 Å². The first-order chi connectivity index (χ1) is 4.63. The second kappa shape index (κ2) is 2.84. The van der Waals surface area contributed by atoms with Crippen molar-refractivity contribution in [3.63, 3.8) is 0 Å². The lowest BCUT2D eigenvalue weighted by molar-refractivity contribution is -0.233. The van der Waals surface area contributed by atoms with Crippen LogP contribution in [0.3, 0.4) is 0 Å². The number of hydrogen-bond donors (Lipinski definition) is 3. The minimum absolute atomic E-state index is 0.0966. The molecule has 1 heterocycles. The monoisotopic (exact) mass is 148 g/mol. The van der Waals surface area contributed by atoms with E-state index in [1.165, 1.54) is 0 Å². The molecule has 4 nitrogen and oxygen atoms in total. The fourth-order valence-electron chi connectivity index (χ4n) is 0.935. The van der Waals surface area contributed by atoms with Crippen LogP contribution in [0.4, 0.5) is 0 Å². The Balaban J connectivity index is 2.52. The fourth-order valence-corrected chi connectivity index (χ4v) is 0.935. The molecular formula is C6H12O4. The van der Waals surface area contributed by atoms with Crippen molar-refractivity contribution in [2.24, 2.45) is 5.92 Å². The van der Waals surface area contributed by atoms with Crippen LogP contribution in [0, 0.1) is 5.92 Å². The molecule has 0 aliphatic carbocycles. The Morgan fingerprint density at radius 2 is 1.90 bits per heavy atom. The normalized spacial score (nSPS) is 49.2. The van der Waals surface area contributed by atoms with Crippen molar-refractivity contribution >= 4 is 0 Å². The third-order valence-corrected chi connectivity index (χ3v) is 1.88. The molecule has 1 rings (SSSR count). The van der Waals surface area contributed by atoms with Gasteiger partial charge in [0.05, 0.1) is 12.7 Å². The van der Waals surface area contributed by atoms with Gasteiger partial charge in [-0.05, 0) is 0 Å². The van der Waals surface area contributed by atoms with Gasteiger partial charge in [0.1, 0.15) is 6.10 Å². The van der Waals surface area contributed by atoms with E-state index in [4.69, 9.17) is 15.3 Å². The molecule has 0 aromatic carbocycles. The number of aliphatic hydroxyl groups excluding tert-OH is 3. The molecule has 10 heavy (non-hydrogen) atoms. The fraction of sp³-hybridized carbons (Fsp3) is 1.00. The van der Waals surface area contributed by atoms with E-state index in [2.05, 4.69) is 4.74 Å². The molecule has 1 aliphatic heterocycles. The maximum atomic E-state index is 9.08. The Morgan fingerprint density at radius 1 is 1.30 bits per heavy atom. The molecule has 1 fully saturated rings. The van der Waals surface area contributed by atoms with E-state index in [0.29, 0.717) is 0 Å². The topological polar surface area (TPSA) is 69.9 Å². The summed E-state index contributed by atoms with van der Waals surface area (Å²) in [6.07, 6.45) is -2.78. The summed E-state index contributed by atoms with van der Waals surface area (Å²) in [4.78, 5) is 0. The second-order valence-corrected chi connectivity index (χ2v) is 2.64. The molecule has 0 aromatic rings. The van der Waals surface area contributed by atoms with Crippen LogP contribution in [0.5, 0.6) is 0 Å². The Hall–Kier alpha value is -0.160. The molecule has 0 saturated carbocycles. The molecule has 3 N–H and O–H groups in total. The Bertz CT molecular complexity index is 102.